The van der Waals surface area contributed by atoms with Crippen LogP contribution in [0.2, 0.25) is 0 Å². The molecule has 2 aromatic carbocycles. The van der Waals surface area contributed by atoms with Crippen molar-refractivity contribution in [3.63, 3.8) is 0 Å². The Morgan fingerprint density at radius 1 is 1.07 bits per heavy atom. The minimum absolute atomic E-state index is 0.0725. The molecule has 0 saturated carbocycles. The Morgan fingerprint density at radius 3 is 2.55 bits per heavy atom. The summed E-state index contributed by atoms with van der Waals surface area (Å²) in [6.07, 6.45) is 0.240. The number of benzene rings is 2. The molecule has 2 amide bonds. The molecular formula is C23H29N3O3. The molecule has 0 spiro atoms. The van der Waals surface area contributed by atoms with Gasteiger partial charge in [-0.1, -0.05) is 48.0 Å². The molecular weight excluding hydrogens is 366 g/mol. The van der Waals surface area contributed by atoms with E-state index >= 15 is 0 Å². The van der Waals surface area contributed by atoms with Gasteiger partial charge >= 0.3 is 0 Å². The second-order valence-corrected chi connectivity index (χ2v) is 7.32. The number of morpholine rings is 1. The SMILES string of the molecule is Cc1cccc(C(=O)NCCC(=O)NC(CN2CCOCC2)c2ccccc2)c1. The zero-order chi connectivity index (χ0) is 20.5. The number of amides is 2. The van der Waals surface area contributed by atoms with Gasteiger partial charge in [-0.3, -0.25) is 14.5 Å². The first-order chi connectivity index (χ1) is 14.1. The summed E-state index contributed by atoms with van der Waals surface area (Å²) in [7, 11) is 0. The normalized spacial score (nSPS) is 15.5. The van der Waals surface area contributed by atoms with Crippen LogP contribution in [0.3, 0.4) is 0 Å². The Kier molecular flexibility index (Phi) is 7.78. The van der Waals surface area contributed by atoms with E-state index < -0.39 is 0 Å². The zero-order valence-corrected chi connectivity index (χ0v) is 16.9. The van der Waals surface area contributed by atoms with E-state index in [-0.39, 0.29) is 24.3 Å². The molecule has 0 aromatic heterocycles. The number of carbonyl (C=O) groups excluding carboxylic acids is 2. The number of ether oxygens (including phenoxy) is 1. The van der Waals surface area contributed by atoms with Crippen molar-refractivity contribution in [1.29, 1.82) is 0 Å². The van der Waals surface area contributed by atoms with E-state index in [1.54, 1.807) is 6.07 Å². The highest BCUT2D eigenvalue weighted by atomic mass is 16.5. The highest BCUT2D eigenvalue weighted by Crippen LogP contribution is 2.15. The maximum absolute atomic E-state index is 12.5. The van der Waals surface area contributed by atoms with Crippen LogP contribution in [-0.4, -0.2) is 56.1 Å². The number of hydrogen-bond acceptors (Lipinski definition) is 4. The van der Waals surface area contributed by atoms with E-state index in [1.165, 1.54) is 0 Å². The van der Waals surface area contributed by atoms with Crippen LogP contribution in [0, 0.1) is 6.92 Å². The molecule has 29 heavy (non-hydrogen) atoms. The minimum atomic E-state index is -0.158. The van der Waals surface area contributed by atoms with Crippen molar-refractivity contribution in [2.45, 2.75) is 19.4 Å². The van der Waals surface area contributed by atoms with Gasteiger partial charge in [-0.25, -0.2) is 0 Å². The number of carbonyl (C=O) groups is 2. The lowest BCUT2D eigenvalue weighted by atomic mass is 10.1. The lowest BCUT2D eigenvalue weighted by Gasteiger charge is -2.31. The summed E-state index contributed by atoms with van der Waals surface area (Å²) in [5, 5.41) is 5.96. The van der Waals surface area contributed by atoms with Crippen LogP contribution in [0.1, 0.15) is 33.9 Å². The van der Waals surface area contributed by atoms with Gasteiger partial charge in [-0.05, 0) is 24.6 Å². The number of hydrogen-bond donors (Lipinski definition) is 2. The van der Waals surface area contributed by atoms with E-state index in [0.29, 0.717) is 12.1 Å². The van der Waals surface area contributed by atoms with Crippen molar-refractivity contribution in [3.8, 4) is 0 Å². The van der Waals surface area contributed by atoms with Gasteiger partial charge in [0.25, 0.3) is 5.91 Å². The Labute approximate surface area is 172 Å². The third-order valence-corrected chi connectivity index (χ3v) is 5.00. The van der Waals surface area contributed by atoms with Gasteiger partial charge in [-0.2, -0.15) is 0 Å². The first-order valence-electron chi connectivity index (χ1n) is 10.1. The summed E-state index contributed by atoms with van der Waals surface area (Å²) < 4.78 is 5.42. The summed E-state index contributed by atoms with van der Waals surface area (Å²) in [4.78, 5) is 27.1. The number of nitrogens with zero attached hydrogens (tertiary/aromatic N) is 1. The molecule has 0 radical (unpaired) electrons. The highest BCUT2D eigenvalue weighted by Gasteiger charge is 2.20. The average Bonchev–Trinajstić information content (AvgIpc) is 2.74. The Bertz CT molecular complexity index is 804. The molecule has 6 heteroatoms. The number of rotatable bonds is 8. The van der Waals surface area contributed by atoms with E-state index in [4.69, 9.17) is 4.74 Å². The van der Waals surface area contributed by atoms with Crippen molar-refractivity contribution in [1.82, 2.24) is 15.5 Å². The molecule has 3 rings (SSSR count). The van der Waals surface area contributed by atoms with Crippen molar-refractivity contribution in [3.05, 3.63) is 71.3 Å². The molecule has 0 aliphatic carbocycles. The second kappa shape index (κ2) is 10.7. The van der Waals surface area contributed by atoms with Gasteiger partial charge in [0.15, 0.2) is 0 Å². The average molecular weight is 396 g/mol. The lowest BCUT2D eigenvalue weighted by Crippen LogP contribution is -2.43. The predicted molar refractivity (Wildman–Crippen MR) is 113 cm³/mol. The van der Waals surface area contributed by atoms with Gasteiger partial charge in [-0.15, -0.1) is 0 Å². The summed E-state index contributed by atoms with van der Waals surface area (Å²) in [6.45, 7) is 6.17. The van der Waals surface area contributed by atoms with Gasteiger partial charge in [0, 0.05) is 38.2 Å². The fourth-order valence-corrected chi connectivity index (χ4v) is 3.41. The minimum Gasteiger partial charge on any atom is -0.379 e. The van der Waals surface area contributed by atoms with Crippen LogP contribution in [0.5, 0.6) is 0 Å². The van der Waals surface area contributed by atoms with Crippen LogP contribution in [0.4, 0.5) is 0 Å². The van der Waals surface area contributed by atoms with Gasteiger partial charge in [0.1, 0.15) is 0 Å². The lowest BCUT2D eigenvalue weighted by molar-refractivity contribution is -0.121. The third-order valence-electron chi connectivity index (χ3n) is 5.00. The fraction of sp³-hybridized carbons (Fsp3) is 0.391. The molecule has 154 valence electrons. The van der Waals surface area contributed by atoms with Crippen molar-refractivity contribution >= 4 is 11.8 Å². The van der Waals surface area contributed by atoms with Gasteiger partial charge < -0.3 is 15.4 Å². The maximum atomic E-state index is 12.5. The molecule has 0 bridgehead atoms. The number of nitrogens with one attached hydrogen (secondary N) is 2. The summed E-state index contributed by atoms with van der Waals surface area (Å²) in [6, 6.07) is 17.3. The molecule has 1 saturated heterocycles. The molecule has 6 nitrogen and oxygen atoms in total. The first kappa shape index (κ1) is 21.0. The smallest absolute Gasteiger partial charge is 0.251 e. The number of aryl methyl sites for hydroxylation is 1. The molecule has 2 aromatic rings. The van der Waals surface area contributed by atoms with Crippen molar-refractivity contribution in [2.24, 2.45) is 0 Å². The molecule has 1 heterocycles. The fourth-order valence-electron chi connectivity index (χ4n) is 3.41. The van der Waals surface area contributed by atoms with E-state index in [2.05, 4.69) is 15.5 Å². The van der Waals surface area contributed by atoms with E-state index in [0.717, 1.165) is 44.0 Å². The van der Waals surface area contributed by atoms with Crippen LogP contribution >= 0.6 is 0 Å². The molecule has 1 unspecified atom stereocenters. The third kappa shape index (κ3) is 6.69. The molecule has 1 aliphatic heterocycles. The monoisotopic (exact) mass is 395 g/mol. The van der Waals surface area contributed by atoms with Crippen LogP contribution < -0.4 is 10.6 Å². The molecule has 1 fully saturated rings. The molecule has 1 atom stereocenters. The van der Waals surface area contributed by atoms with Crippen LogP contribution in [0.15, 0.2) is 54.6 Å². The first-order valence-corrected chi connectivity index (χ1v) is 10.1. The Hall–Kier alpha value is -2.70. The van der Waals surface area contributed by atoms with E-state index in [1.807, 2.05) is 55.5 Å². The van der Waals surface area contributed by atoms with Gasteiger partial charge in [0.2, 0.25) is 5.91 Å². The Morgan fingerprint density at radius 2 is 1.83 bits per heavy atom. The summed E-state index contributed by atoms with van der Waals surface area (Å²) in [5.74, 6) is -0.230. The molecule has 1 aliphatic rings. The highest BCUT2D eigenvalue weighted by molar-refractivity contribution is 5.94. The summed E-state index contributed by atoms with van der Waals surface area (Å²) >= 11 is 0. The Balaban J connectivity index is 1.51. The quantitative estimate of drug-likeness (QED) is 0.720. The van der Waals surface area contributed by atoms with Gasteiger partial charge in [0.05, 0.1) is 19.3 Å². The second-order valence-electron chi connectivity index (χ2n) is 7.32. The zero-order valence-electron chi connectivity index (χ0n) is 16.9. The molecule has 2 N–H and O–H groups in total. The largest absolute Gasteiger partial charge is 0.379 e. The van der Waals surface area contributed by atoms with Crippen LogP contribution in [-0.2, 0) is 9.53 Å². The van der Waals surface area contributed by atoms with E-state index in [9.17, 15) is 9.59 Å². The van der Waals surface area contributed by atoms with Crippen molar-refractivity contribution < 1.29 is 14.3 Å². The predicted octanol–water partition coefficient (Wildman–Crippen LogP) is 2.30. The maximum Gasteiger partial charge on any atom is 0.251 e. The summed E-state index contributed by atoms with van der Waals surface area (Å²) in [5.41, 5.74) is 2.72. The van der Waals surface area contributed by atoms with Crippen LogP contribution in [0.25, 0.3) is 0 Å². The van der Waals surface area contributed by atoms with Crippen molar-refractivity contribution in [2.75, 3.05) is 39.4 Å². The topological polar surface area (TPSA) is 70.7 Å². The standard InChI is InChI=1S/C23H29N3O3/c1-18-6-5-9-20(16-18)23(28)24-11-10-22(27)25-21(19-7-3-2-4-8-19)17-26-12-14-29-15-13-26/h2-9,16,21H,10-15,17H2,1H3,(H,24,28)(H,25,27).